The zero-order valence-corrected chi connectivity index (χ0v) is 9.68. The molecule has 1 fully saturated rings. The molecule has 0 heterocycles. The molecule has 0 aromatic heterocycles. The number of rotatable bonds is 6. The van der Waals surface area contributed by atoms with Gasteiger partial charge in [-0.05, 0) is 19.3 Å². The molecule has 0 radical (unpaired) electrons. The van der Waals surface area contributed by atoms with Crippen molar-refractivity contribution in [2.24, 2.45) is 5.92 Å². The number of aliphatic hydroxyl groups excluding tert-OH is 1. The summed E-state index contributed by atoms with van der Waals surface area (Å²) in [5.41, 5.74) is 0. The molecule has 1 unspecified atom stereocenters. The number of hydrogen-bond acceptors (Lipinski definition) is 3. The Balaban J connectivity index is 2.13. The van der Waals surface area contributed by atoms with E-state index in [9.17, 15) is 4.79 Å². The lowest BCUT2D eigenvalue weighted by Gasteiger charge is -2.11. The van der Waals surface area contributed by atoms with E-state index in [4.69, 9.17) is 5.11 Å². The summed E-state index contributed by atoms with van der Waals surface area (Å²) in [6, 6.07) is 0. The summed E-state index contributed by atoms with van der Waals surface area (Å²) in [5.74, 6) is 1.42. The molecular weight excluding hydrogens is 196 g/mol. The summed E-state index contributed by atoms with van der Waals surface area (Å²) in [7, 11) is 0. The number of carbonyl (C=O) groups excluding carboxylic acids is 1. The maximum Gasteiger partial charge on any atom is 0.145 e. The first-order valence-electron chi connectivity index (χ1n) is 5.49. The standard InChI is InChI=1S/C11H20O2S/c1-9(6-7-12)14-8-11(13)10-4-2-3-5-10/h9-10,12H,2-8H2,1H3. The smallest absolute Gasteiger partial charge is 0.145 e. The lowest BCUT2D eigenvalue weighted by Crippen LogP contribution is -2.15. The highest BCUT2D eigenvalue weighted by molar-refractivity contribution is 8.00. The number of hydrogen-bond donors (Lipinski definition) is 1. The summed E-state index contributed by atoms with van der Waals surface area (Å²) in [4.78, 5) is 11.7. The van der Waals surface area contributed by atoms with Gasteiger partial charge in [-0.2, -0.15) is 11.8 Å². The Bertz CT molecular complexity index is 176. The van der Waals surface area contributed by atoms with Crippen molar-refractivity contribution in [3.63, 3.8) is 0 Å². The molecule has 0 aromatic carbocycles. The molecule has 0 aromatic rings. The fraction of sp³-hybridized carbons (Fsp3) is 0.909. The third-order valence-electron chi connectivity index (χ3n) is 2.86. The second-order valence-electron chi connectivity index (χ2n) is 4.08. The first-order valence-corrected chi connectivity index (χ1v) is 6.54. The highest BCUT2D eigenvalue weighted by Crippen LogP contribution is 2.27. The highest BCUT2D eigenvalue weighted by Gasteiger charge is 2.22. The predicted octanol–water partition coefficient (Wildman–Crippen LogP) is 2.25. The van der Waals surface area contributed by atoms with Crippen molar-refractivity contribution in [1.82, 2.24) is 0 Å². The fourth-order valence-electron chi connectivity index (χ4n) is 1.86. The van der Waals surface area contributed by atoms with Gasteiger partial charge in [0.25, 0.3) is 0 Å². The average molecular weight is 216 g/mol. The molecule has 14 heavy (non-hydrogen) atoms. The van der Waals surface area contributed by atoms with Gasteiger partial charge < -0.3 is 5.11 Å². The summed E-state index contributed by atoms with van der Waals surface area (Å²) in [6.45, 7) is 2.30. The van der Waals surface area contributed by atoms with Crippen LogP contribution in [-0.4, -0.2) is 28.5 Å². The molecular formula is C11H20O2S. The Morgan fingerprint density at radius 2 is 2.14 bits per heavy atom. The van der Waals surface area contributed by atoms with Crippen molar-refractivity contribution < 1.29 is 9.90 Å². The van der Waals surface area contributed by atoms with Crippen LogP contribution in [0.5, 0.6) is 0 Å². The van der Waals surface area contributed by atoms with Crippen LogP contribution >= 0.6 is 11.8 Å². The van der Waals surface area contributed by atoms with Crippen LogP contribution in [0.3, 0.4) is 0 Å². The van der Waals surface area contributed by atoms with Crippen LogP contribution in [0.15, 0.2) is 0 Å². The fourth-order valence-corrected chi connectivity index (χ4v) is 2.81. The van der Waals surface area contributed by atoms with Gasteiger partial charge in [0.2, 0.25) is 0 Å². The van der Waals surface area contributed by atoms with Gasteiger partial charge in [-0.1, -0.05) is 19.8 Å². The summed E-state index contributed by atoms with van der Waals surface area (Å²) >= 11 is 1.69. The summed E-state index contributed by atoms with van der Waals surface area (Å²) < 4.78 is 0. The van der Waals surface area contributed by atoms with E-state index >= 15 is 0 Å². The van der Waals surface area contributed by atoms with Crippen LogP contribution in [0.25, 0.3) is 0 Å². The van der Waals surface area contributed by atoms with Crippen LogP contribution in [0.4, 0.5) is 0 Å². The molecule has 0 aliphatic heterocycles. The molecule has 0 saturated heterocycles. The Morgan fingerprint density at radius 1 is 1.50 bits per heavy atom. The van der Waals surface area contributed by atoms with Crippen molar-refractivity contribution >= 4 is 17.5 Å². The molecule has 1 N–H and O–H groups in total. The quantitative estimate of drug-likeness (QED) is 0.740. The molecule has 0 amide bonds. The van der Waals surface area contributed by atoms with Crippen LogP contribution in [0, 0.1) is 5.92 Å². The number of Topliss-reactive ketones (excluding diaryl/α,β-unsaturated/α-hetero) is 1. The Morgan fingerprint density at radius 3 is 2.71 bits per heavy atom. The zero-order valence-electron chi connectivity index (χ0n) is 8.87. The molecule has 3 heteroatoms. The first kappa shape index (κ1) is 12.1. The molecule has 82 valence electrons. The Labute approximate surface area is 90.5 Å². The second-order valence-corrected chi connectivity index (χ2v) is 5.51. The normalized spacial score (nSPS) is 19.9. The highest BCUT2D eigenvalue weighted by atomic mass is 32.2. The van der Waals surface area contributed by atoms with Crippen LogP contribution < -0.4 is 0 Å². The second kappa shape index (κ2) is 6.46. The maximum atomic E-state index is 11.7. The zero-order chi connectivity index (χ0) is 10.4. The van der Waals surface area contributed by atoms with Crippen LogP contribution in [-0.2, 0) is 4.79 Å². The van der Waals surface area contributed by atoms with Crippen molar-refractivity contribution in [3.05, 3.63) is 0 Å². The van der Waals surface area contributed by atoms with E-state index in [1.165, 1.54) is 12.8 Å². The van der Waals surface area contributed by atoms with E-state index in [0.29, 0.717) is 22.7 Å². The van der Waals surface area contributed by atoms with Gasteiger partial charge in [-0.3, -0.25) is 4.79 Å². The lowest BCUT2D eigenvalue weighted by molar-refractivity contribution is -0.120. The molecule has 0 spiro atoms. The minimum atomic E-state index is 0.228. The number of ketones is 1. The average Bonchev–Trinajstić information content (AvgIpc) is 2.67. The van der Waals surface area contributed by atoms with E-state index in [2.05, 4.69) is 6.92 Å². The topological polar surface area (TPSA) is 37.3 Å². The Kier molecular flexibility index (Phi) is 5.56. The van der Waals surface area contributed by atoms with Gasteiger partial charge in [0.15, 0.2) is 0 Å². The number of thioether (sulfide) groups is 1. The van der Waals surface area contributed by atoms with E-state index < -0.39 is 0 Å². The van der Waals surface area contributed by atoms with Gasteiger partial charge in [0, 0.05) is 17.8 Å². The van der Waals surface area contributed by atoms with E-state index in [1.54, 1.807) is 11.8 Å². The number of aliphatic hydroxyl groups is 1. The summed E-state index contributed by atoms with van der Waals surface area (Å²) in [6.07, 6.45) is 5.46. The van der Waals surface area contributed by atoms with Gasteiger partial charge in [0.1, 0.15) is 5.78 Å². The van der Waals surface area contributed by atoms with Gasteiger partial charge in [-0.25, -0.2) is 0 Å². The van der Waals surface area contributed by atoms with E-state index in [1.807, 2.05) is 0 Å². The molecule has 1 atom stereocenters. The molecule has 1 aliphatic carbocycles. The van der Waals surface area contributed by atoms with Crippen LogP contribution in [0.1, 0.15) is 39.0 Å². The minimum Gasteiger partial charge on any atom is -0.396 e. The van der Waals surface area contributed by atoms with Gasteiger partial charge in [-0.15, -0.1) is 0 Å². The van der Waals surface area contributed by atoms with Crippen molar-refractivity contribution in [2.75, 3.05) is 12.4 Å². The van der Waals surface area contributed by atoms with E-state index in [-0.39, 0.29) is 6.61 Å². The lowest BCUT2D eigenvalue weighted by atomic mass is 10.0. The van der Waals surface area contributed by atoms with Crippen LogP contribution in [0.2, 0.25) is 0 Å². The SMILES string of the molecule is CC(CCO)SCC(=O)C1CCCC1. The van der Waals surface area contributed by atoms with Crippen molar-refractivity contribution in [2.45, 2.75) is 44.3 Å². The number of carbonyl (C=O) groups is 1. The Hall–Kier alpha value is -0.0200. The molecule has 1 aliphatic rings. The third-order valence-corrected chi connectivity index (χ3v) is 4.11. The summed E-state index contributed by atoms with van der Waals surface area (Å²) in [5, 5.41) is 9.12. The van der Waals surface area contributed by atoms with Crippen molar-refractivity contribution in [3.8, 4) is 0 Å². The van der Waals surface area contributed by atoms with Gasteiger partial charge >= 0.3 is 0 Å². The van der Waals surface area contributed by atoms with E-state index in [0.717, 1.165) is 19.3 Å². The molecule has 1 rings (SSSR count). The molecule has 2 nitrogen and oxygen atoms in total. The molecule has 0 bridgehead atoms. The molecule has 1 saturated carbocycles. The predicted molar refractivity (Wildman–Crippen MR) is 60.6 cm³/mol. The van der Waals surface area contributed by atoms with Crippen molar-refractivity contribution in [1.29, 1.82) is 0 Å². The van der Waals surface area contributed by atoms with Gasteiger partial charge in [0.05, 0.1) is 5.75 Å². The minimum absolute atomic E-state index is 0.228. The first-order chi connectivity index (χ1) is 6.74. The monoisotopic (exact) mass is 216 g/mol. The maximum absolute atomic E-state index is 11.7. The largest absolute Gasteiger partial charge is 0.396 e. The third kappa shape index (κ3) is 4.01.